The molecule has 1 aromatic carbocycles. The lowest BCUT2D eigenvalue weighted by atomic mass is 10.1. The Labute approximate surface area is 151 Å². The van der Waals surface area contributed by atoms with Crippen LogP contribution in [0.15, 0.2) is 18.2 Å². The van der Waals surface area contributed by atoms with Gasteiger partial charge >= 0.3 is 0 Å². The highest BCUT2D eigenvalue weighted by molar-refractivity contribution is 6.01. The molecule has 0 aliphatic carbocycles. The monoisotopic (exact) mass is 358 g/mol. The van der Waals surface area contributed by atoms with Crippen molar-refractivity contribution < 1.29 is 19.1 Å². The number of carbonyl (C=O) groups excluding carboxylic acids is 3. The highest BCUT2D eigenvalue weighted by atomic mass is 16.5. The van der Waals surface area contributed by atoms with Crippen LogP contribution in [-0.2, 0) is 9.59 Å². The molecule has 0 spiro atoms. The van der Waals surface area contributed by atoms with Gasteiger partial charge in [-0.1, -0.05) is 0 Å². The zero-order valence-corrected chi connectivity index (χ0v) is 15.0. The van der Waals surface area contributed by atoms with Gasteiger partial charge in [0.05, 0.1) is 5.69 Å². The number of likely N-dealkylation sites (N-methyl/N-ethyl adjacent to an activating group) is 2. The molecule has 8 nitrogen and oxygen atoms in total. The van der Waals surface area contributed by atoms with Gasteiger partial charge in [0.25, 0.3) is 11.8 Å². The second-order valence-electron chi connectivity index (χ2n) is 6.99. The van der Waals surface area contributed by atoms with Crippen LogP contribution in [0.25, 0.3) is 0 Å². The maximum Gasteiger partial charge on any atom is 0.264 e. The highest BCUT2D eigenvalue weighted by Crippen LogP contribution is 2.32. The van der Waals surface area contributed by atoms with Crippen LogP contribution < -0.4 is 9.64 Å². The molecule has 3 heterocycles. The molecule has 0 radical (unpaired) electrons. The van der Waals surface area contributed by atoms with Crippen molar-refractivity contribution in [1.82, 2.24) is 14.7 Å². The summed E-state index contributed by atoms with van der Waals surface area (Å²) in [6.07, 6.45) is 0. The summed E-state index contributed by atoms with van der Waals surface area (Å²) in [4.78, 5) is 44.3. The third-order valence-electron chi connectivity index (χ3n) is 5.45. The summed E-state index contributed by atoms with van der Waals surface area (Å²) >= 11 is 0. The molecule has 0 saturated carbocycles. The summed E-state index contributed by atoms with van der Waals surface area (Å²) in [6, 6.07) is 4.86. The molecule has 3 aliphatic heterocycles. The quantitative estimate of drug-likeness (QED) is 0.686. The van der Waals surface area contributed by atoms with Crippen LogP contribution in [0, 0.1) is 0 Å². The van der Waals surface area contributed by atoms with Gasteiger partial charge in [0.1, 0.15) is 11.8 Å². The Hall–Kier alpha value is -2.61. The second kappa shape index (κ2) is 6.28. The lowest BCUT2D eigenvalue weighted by molar-refractivity contribution is -0.142. The van der Waals surface area contributed by atoms with E-state index >= 15 is 0 Å². The number of nitrogens with zero attached hydrogens (tertiary/aromatic N) is 4. The van der Waals surface area contributed by atoms with Crippen molar-refractivity contribution in [3.8, 4) is 5.75 Å². The van der Waals surface area contributed by atoms with Gasteiger partial charge in [0.2, 0.25) is 5.91 Å². The van der Waals surface area contributed by atoms with E-state index in [1.54, 1.807) is 42.1 Å². The molecule has 1 aromatic rings. The first-order valence-corrected chi connectivity index (χ1v) is 8.77. The van der Waals surface area contributed by atoms with Crippen LogP contribution >= 0.6 is 0 Å². The zero-order valence-electron chi connectivity index (χ0n) is 15.0. The summed E-state index contributed by atoms with van der Waals surface area (Å²) in [5.41, 5.74) is 1.10. The molecule has 0 N–H and O–H groups in total. The van der Waals surface area contributed by atoms with Crippen LogP contribution in [-0.4, -0.2) is 91.9 Å². The Kier molecular flexibility index (Phi) is 4.07. The van der Waals surface area contributed by atoms with E-state index in [9.17, 15) is 14.4 Å². The summed E-state index contributed by atoms with van der Waals surface area (Å²) in [7, 11) is 3.48. The summed E-state index contributed by atoms with van der Waals surface area (Å²) in [6.45, 7) is 3.27. The van der Waals surface area contributed by atoms with Crippen molar-refractivity contribution >= 4 is 23.4 Å². The molecular weight excluding hydrogens is 336 g/mol. The standard InChI is InChI=1S/C18H22N4O4/c1-19-5-6-21-7-8-22(10-14(21)18(19)25)17(24)12-3-4-15-13(9-12)20(2)16(23)11-26-15/h3-4,9,14H,5-8,10-11H2,1-2H3. The number of fused-ring (bicyclic) bond motifs is 2. The Morgan fingerprint density at radius 1 is 1.12 bits per heavy atom. The van der Waals surface area contributed by atoms with Crippen LogP contribution in [0.3, 0.4) is 0 Å². The van der Waals surface area contributed by atoms with Crippen molar-refractivity contribution in [1.29, 1.82) is 0 Å². The molecule has 2 fully saturated rings. The fourth-order valence-corrected chi connectivity index (χ4v) is 3.74. The molecule has 4 rings (SSSR count). The van der Waals surface area contributed by atoms with Gasteiger partial charge in [-0.2, -0.15) is 0 Å². The van der Waals surface area contributed by atoms with E-state index in [0.29, 0.717) is 36.6 Å². The van der Waals surface area contributed by atoms with E-state index in [0.717, 1.165) is 13.1 Å². The van der Waals surface area contributed by atoms with Gasteiger partial charge in [-0.25, -0.2) is 0 Å². The molecule has 3 aliphatic rings. The smallest absolute Gasteiger partial charge is 0.264 e. The van der Waals surface area contributed by atoms with E-state index < -0.39 is 0 Å². The van der Waals surface area contributed by atoms with E-state index in [4.69, 9.17) is 4.74 Å². The molecule has 3 amide bonds. The summed E-state index contributed by atoms with van der Waals surface area (Å²) < 4.78 is 5.41. The number of amides is 3. The number of hydrogen-bond donors (Lipinski definition) is 0. The van der Waals surface area contributed by atoms with E-state index in [1.165, 1.54) is 4.90 Å². The largest absolute Gasteiger partial charge is 0.482 e. The molecule has 0 bridgehead atoms. The van der Waals surface area contributed by atoms with Gasteiger partial charge < -0.3 is 19.4 Å². The van der Waals surface area contributed by atoms with Crippen molar-refractivity contribution in [2.75, 3.05) is 58.3 Å². The summed E-state index contributed by atoms with van der Waals surface area (Å²) in [5, 5.41) is 0. The minimum atomic E-state index is -0.267. The van der Waals surface area contributed by atoms with Crippen molar-refractivity contribution in [2.24, 2.45) is 0 Å². The van der Waals surface area contributed by atoms with E-state index in [1.807, 2.05) is 0 Å². The van der Waals surface area contributed by atoms with Crippen LogP contribution in [0.1, 0.15) is 10.4 Å². The highest BCUT2D eigenvalue weighted by Gasteiger charge is 2.38. The first kappa shape index (κ1) is 16.8. The Morgan fingerprint density at radius 2 is 1.88 bits per heavy atom. The normalized spacial score (nSPS) is 23.5. The molecule has 26 heavy (non-hydrogen) atoms. The second-order valence-corrected chi connectivity index (χ2v) is 6.99. The van der Waals surface area contributed by atoms with Gasteiger partial charge in [0, 0.05) is 52.4 Å². The molecular formula is C18H22N4O4. The van der Waals surface area contributed by atoms with Crippen molar-refractivity contribution in [3.63, 3.8) is 0 Å². The van der Waals surface area contributed by atoms with Crippen LogP contribution in [0.2, 0.25) is 0 Å². The Morgan fingerprint density at radius 3 is 2.69 bits per heavy atom. The summed E-state index contributed by atoms with van der Waals surface area (Å²) in [5.74, 6) is 0.391. The molecule has 0 aromatic heterocycles. The topological polar surface area (TPSA) is 73.4 Å². The SMILES string of the molecule is CN1CCN2CCN(C(=O)c3ccc4c(c3)N(C)C(=O)CO4)CC2C1=O. The van der Waals surface area contributed by atoms with E-state index in [2.05, 4.69) is 4.90 Å². The molecule has 1 atom stereocenters. The van der Waals surface area contributed by atoms with Crippen LogP contribution in [0.5, 0.6) is 5.75 Å². The molecule has 2 saturated heterocycles. The molecule has 8 heteroatoms. The third kappa shape index (κ3) is 2.70. The van der Waals surface area contributed by atoms with Crippen molar-refractivity contribution in [2.45, 2.75) is 6.04 Å². The lowest BCUT2D eigenvalue weighted by Crippen LogP contribution is -2.64. The first-order valence-electron chi connectivity index (χ1n) is 8.77. The van der Waals surface area contributed by atoms with Gasteiger partial charge in [-0.05, 0) is 18.2 Å². The zero-order chi connectivity index (χ0) is 18.4. The predicted molar refractivity (Wildman–Crippen MR) is 94.2 cm³/mol. The maximum absolute atomic E-state index is 13.0. The van der Waals surface area contributed by atoms with E-state index in [-0.39, 0.29) is 30.4 Å². The first-order chi connectivity index (χ1) is 12.5. The fraction of sp³-hybridized carbons (Fsp3) is 0.500. The fourth-order valence-electron chi connectivity index (χ4n) is 3.74. The molecule has 1 unspecified atom stereocenters. The Balaban J connectivity index is 1.55. The number of piperazine rings is 2. The average Bonchev–Trinajstić information content (AvgIpc) is 2.67. The number of anilines is 1. The minimum Gasteiger partial charge on any atom is -0.482 e. The third-order valence-corrected chi connectivity index (χ3v) is 5.45. The van der Waals surface area contributed by atoms with Gasteiger partial charge in [-0.15, -0.1) is 0 Å². The van der Waals surface area contributed by atoms with Crippen LogP contribution in [0.4, 0.5) is 5.69 Å². The Bertz CT molecular complexity index is 780. The number of rotatable bonds is 1. The number of carbonyl (C=O) groups is 3. The average molecular weight is 358 g/mol. The lowest BCUT2D eigenvalue weighted by Gasteiger charge is -2.45. The maximum atomic E-state index is 13.0. The number of ether oxygens (including phenoxy) is 1. The minimum absolute atomic E-state index is 0.00998. The van der Waals surface area contributed by atoms with Gasteiger partial charge in [0.15, 0.2) is 6.61 Å². The van der Waals surface area contributed by atoms with Crippen molar-refractivity contribution in [3.05, 3.63) is 23.8 Å². The molecule has 138 valence electrons. The predicted octanol–water partition coefficient (Wildman–Crippen LogP) is -0.360. The van der Waals surface area contributed by atoms with Gasteiger partial charge in [-0.3, -0.25) is 19.3 Å². The number of benzene rings is 1. The number of hydrogen-bond acceptors (Lipinski definition) is 5.